The van der Waals surface area contributed by atoms with Crippen LogP contribution in [0.15, 0.2) is 60.3 Å². The predicted octanol–water partition coefficient (Wildman–Crippen LogP) is 7.46. The number of ether oxygens (including phenoxy) is 3. The molecule has 3 aliphatic rings. The van der Waals surface area contributed by atoms with Crippen LogP contribution in [0.3, 0.4) is 0 Å². The van der Waals surface area contributed by atoms with Gasteiger partial charge in [0.05, 0.1) is 36.6 Å². The number of hydrogen-bond acceptors (Lipinski definition) is 8. The Labute approximate surface area is 267 Å². The summed E-state index contributed by atoms with van der Waals surface area (Å²) in [7, 11) is 0. The van der Waals surface area contributed by atoms with Gasteiger partial charge in [0.1, 0.15) is 22.8 Å². The Morgan fingerprint density at radius 3 is 2.70 bits per heavy atom. The first kappa shape index (κ1) is 26.7. The highest BCUT2D eigenvalue weighted by atomic mass is 35.5. The van der Waals surface area contributed by atoms with Gasteiger partial charge in [-0.3, -0.25) is 14.9 Å². The average Bonchev–Trinajstić information content (AvgIpc) is 3.41. The minimum absolute atomic E-state index is 0.233. The molecule has 1 saturated carbocycles. The molecule has 0 unspecified atom stereocenters. The zero-order chi connectivity index (χ0) is 30.7. The summed E-state index contributed by atoms with van der Waals surface area (Å²) in [4.78, 5) is 17.6. The molecule has 2 aliphatic heterocycles. The van der Waals surface area contributed by atoms with Crippen LogP contribution in [-0.4, -0.2) is 43.6 Å². The Balaban J connectivity index is 1.03. The third-order valence-corrected chi connectivity index (χ3v) is 9.86. The van der Waals surface area contributed by atoms with Gasteiger partial charge in [-0.05, 0) is 81.4 Å². The number of rotatable bonds is 8. The van der Waals surface area contributed by atoms with Crippen molar-refractivity contribution in [2.75, 3.05) is 13.1 Å². The highest BCUT2D eigenvalue weighted by Gasteiger charge is 2.42. The van der Waals surface area contributed by atoms with Crippen LogP contribution >= 0.6 is 22.9 Å². The summed E-state index contributed by atoms with van der Waals surface area (Å²) in [6.45, 7) is 7.14. The third kappa shape index (κ3) is 5.21. The minimum atomic E-state index is -1.000. The maximum Gasteiger partial charge on any atom is 0.292 e. The number of aromatic nitrogens is 4. The molecule has 10 heteroatoms. The molecule has 0 N–H and O–H groups in total. The number of nitrogens with zero attached hydrogens (tertiary/aromatic N) is 5. The van der Waals surface area contributed by atoms with E-state index >= 15 is 0 Å². The molecule has 0 spiro atoms. The molecule has 3 aromatic heterocycles. The van der Waals surface area contributed by atoms with E-state index in [1.165, 1.54) is 5.56 Å². The van der Waals surface area contributed by atoms with Crippen LogP contribution in [0.2, 0.25) is 5.02 Å². The number of thiazole rings is 1. The molecule has 5 heterocycles. The molecule has 8 nitrogen and oxygen atoms in total. The summed E-state index contributed by atoms with van der Waals surface area (Å²) in [5.41, 5.74) is 6.40. The van der Waals surface area contributed by atoms with E-state index in [1.54, 1.807) is 23.6 Å². The molecule has 2 fully saturated rings. The van der Waals surface area contributed by atoms with Gasteiger partial charge in [-0.1, -0.05) is 29.8 Å². The van der Waals surface area contributed by atoms with Crippen LogP contribution < -0.4 is 14.2 Å². The second-order valence-corrected chi connectivity index (χ2v) is 13.5. The number of halogens is 1. The number of imidazole rings is 1. The Morgan fingerprint density at radius 1 is 1.09 bits per heavy atom. The van der Waals surface area contributed by atoms with Gasteiger partial charge in [-0.15, -0.1) is 11.3 Å². The SMILES string of the molecule is [2H]c1cc2c(nc(CN3CCC(c4cccc5c4O[C@@](C)(c4ccc(Cl)cn4)O5)CC3)n2Cc2cncs2)c(OC2CC2)c1C. The van der Waals surface area contributed by atoms with Crippen molar-refractivity contribution >= 4 is 34.0 Å². The standard InChI is InChI=1S/C34H34ClN5O3S/c1-21-6-10-27-31(32(21)41-24-8-9-24)38-30(40(27)18-25-17-36-20-44-25)19-39-14-12-22(13-15-39)26-4-3-5-28-33(26)43-34(2,42-28)29-11-7-23(35)16-37-29/h3-7,10-11,16-17,20,22,24H,8-9,12-15,18-19H2,1-2H3/t34-/m0/s1/i6D. The number of pyridine rings is 1. The normalized spacial score (nSPS) is 20.8. The van der Waals surface area contributed by atoms with Crippen molar-refractivity contribution in [2.45, 2.75) is 70.4 Å². The Bertz CT molecular complexity index is 1870. The second-order valence-electron chi connectivity index (χ2n) is 12.1. The summed E-state index contributed by atoms with van der Waals surface area (Å²) in [5, 5.41) is 0.577. The number of para-hydroxylation sites is 1. The van der Waals surface area contributed by atoms with Crippen LogP contribution in [0.5, 0.6) is 17.2 Å². The van der Waals surface area contributed by atoms with Gasteiger partial charge in [-0.2, -0.15) is 0 Å². The van der Waals surface area contributed by atoms with E-state index in [0.717, 1.165) is 89.9 Å². The van der Waals surface area contributed by atoms with Gasteiger partial charge in [0.25, 0.3) is 5.79 Å². The molecule has 44 heavy (non-hydrogen) atoms. The monoisotopic (exact) mass is 628 g/mol. The molecular formula is C34H34ClN5O3S. The number of likely N-dealkylation sites (tertiary alicyclic amines) is 1. The molecule has 5 aromatic rings. The number of hydrogen-bond donors (Lipinski definition) is 0. The van der Waals surface area contributed by atoms with Gasteiger partial charge in [0.15, 0.2) is 11.5 Å². The second kappa shape index (κ2) is 11.1. The molecule has 1 atom stereocenters. The van der Waals surface area contributed by atoms with Crippen molar-refractivity contribution in [3.05, 3.63) is 92.9 Å². The van der Waals surface area contributed by atoms with Gasteiger partial charge in [0, 0.05) is 29.8 Å². The van der Waals surface area contributed by atoms with E-state index in [1.807, 2.05) is 43.8 Å². The molecule has 1 saturated heterocycles. The lowest BCUT2D eigenvalue weighted by atomic mass is 9.88. The van der Waals surface area contributed by atoms with Crippen LogP contribution in [0.1, 0.15) is 67.4 Å². The highest BCUT2D eigenvalue weighted by molar-refractivity contribution is 7.09. The summed E-state index contributed by atoms with van der Waals surface area (Å²) in [6.07, 6.45) is 7.89. The number of piperidine rings is 1. The zero-order valence-electron chi connectivity index (χ0n) is 25.8. The van der Waals surface area contributed by atoms with Crippen LogP contribution in [-0.2, 0) is 18.9 Å². The number of benzene rings is 2. The molecule has 226 valence electrons. The molecule has 2 aromatic carbocycles. The van der Waals surface area contributed by atoms with E-state index < -0.39 is 5.79 Å². The van der Waals surface area contributed by atoms with Gasteiger partial charge in [-0.25, -0.2) is 4.98 Å². The quantitative estimate of drug-likeness (QED) is 0.177. The molecule has 0 bridgehead atoms. The Morgan fingerprint density at radius 2 is 1.95 bits per heavy atom. The predicted molar refractivity (Wildman–Crippen MR) is 171 cm³/mol. The zero-order valence-corrected chi connectivity index (χ0v) is 26.3. The molecule has 0 radical (unpaired) electrons. The third-order valence-electron chi connectivity index (χ3n) is 8.87. The largest absolute Gasteiger partial charge is 0.488 e. The first-order valence-electron chi connectivity index (χ1n) is 15.7. The minimum Gasteiger partial charge on any atom is -0.488 e. The van der Waals surface area contributed by atoms with Gasteiger partial charge < -0.3 is 18.8 Å². The van der Waals surface area contributed by atoms with E-state index in [4.69, 9.17) is 32.2 Å². The Hall–Kier alpha value is -3.66. The molecular weight excluding hydrogens is 594 g/mol. The van der Waals surface area contributed by atoms with E-state index in [9.17, 15) is 0 Å². The van der Waals surface area contributed by atoms with E-state index in [2.05, 4.69) is 31.6 Å². The summed E-state index contributed by atoms with van der Waals surface area (Å²) in [6, 6.07) is 12.3. The summed E-state index contributed by atoms with van der Waals surface area (Å²) in [5.74, 6) is 2.67. The summed E-state index contributed by atoms with van der Waals surface area (Å²) < 4.78 is 30.1. The summed E-state index contributed by atoms with van der Waals surface area (Å²) >= 11 is 7.71. The molecule has 1 aliphatic carbocycles. The lowest BCUT2D eigenvalue weighted by molar-refractivity contribution is -0.0722. The first-order valence-corrected chi connectivity index (χ1v) is 16.5. The Kier molecular flexibility index (Phi) is 6.71. The van der Waals surface area contributed by atoms with Crippen molar-refractivity contribution in [3.63, 3.8) is 0 Å². The maximum absolute atomic E-state index is 8.69. The van der Waals surface area contributed by atoms with Crippen LogP contribution in [0, 0.1) is 6.92 Å². The van der Waals surface area contributed by atoms with E-state index in [0.29, 0.717) is 29.2 Å². The lowest BCUT2D eigenvalue weighted by Gasteiger charge is -2.32. The first-order chi connectivity index (χ1) is 21.8. The number of fused-ring (bicyclic) bond motifs is 2. The van der Waals surface area contributed by atoms with Gasteiger partial charge >= 0.3 is 0 Å². The van der Waals surface area contributed by atoms with E-state index in [-0.39, 0.29) is 6.10 Å². The maximum atomic E-state index is 8.69. The molecule has 0 amide bonds. The fourth-order valence-corrected chi connectivity index (χ4v) is 7.03. The van der Waals surface area contributed by atoms with Crippen molar-refractivity contribution in [2.24, 2.45) is 0 Å². The van der Waals surface area contributed by atoms with Crippen molar-refractivity contribution in [1.82, 2.24) is 24.4 Å². The van der Waals surface area contributed by atoms with Crippen molar-refractivity contribution in [1.29, 1.82) is 0 Å². The van der Waals surface area contributed by atoms with Crippen LogP contribution in [0.25, 0.3) is 11.0 Å². The smallest absolute Gasteiger partial charge is 0.292 e. The van der Waals surface area contributed by atoms with Crippen LogP contribution in [0.4, 0.5) is 0 Å². The highest BCUT2D eigenvalue weighted by Crippen LogP contribution is 2.49. The van der Waals surface area contributed by atoms with Crippen molar-refractivity contribution < 1.29 is 15.6 Å². The molecule has 8 rings (SSSR count). The fourth-order valence-electron chi connectivity index (χ4n) is 6.34. The average molecular weight is 629 g/mol. The van der Waals surface area contributed by atoms with Crippen molar-refractivity contribution in [3.8, 4) is 17.2 Å². The fraction of sp³-hybridized carbons (Fsp3) is 0.382. The topological polar surface area (TPSA) is 74.5 Å². The van der Waals surface area contributed by atoms with Gasteiger partial charge in [0.2, 0.25) is 0 Å². The lowest BCUT2D eigenvalue weighted by Crippen LogP contribution is -2.34.